The molecule has 3 aromatic heterocycles. The van der Waals surface area contributed by atoms with Crippen LogP contribution in [0.4, 0.5) is 20.2 Å². The first-order chi connectivity index (χ1) is 27.6. The van der Waals surface area contributed by atoms with E-state index in [9.17, 15) is 19.2 Å². The van der Waals surface area contributed by atoms with Crippen LogP contribution in [0.3, 0.4) is 0 Å². The number of ether oxygens (including phenoxy) is 1. The van der Waals surface area contributed by atoms with Crippen molar-refractivity contribution >= 4 is 51.6 Å². The molecule has 5 aliphatic rings. The van der Waals surface area contributed by atoms with E-state index in [1.54, 1.807) is 33.9 Å². The molecule has 57 heavy (non-hydrogen) atoms. The molecule has 0 bridgehead atoms. The van der Waals surface area contributed by atoms with Crippen LogP contribution >= 0.6 is 0 Å². The van der Waals surface area contributed by atoms with Gasteiger partial charge in [0.1, 0.15) is 17.4 Å². The second-order valence-electron chi connectivity index (χ2n) is 16.0. The summed E-state index contributed by atoms with van der Waals surface area (Å²) in [6.07, 6.45) is 10.9. The molecule has 7 heterocycles. The van der Waals surface area contributed by atoms with Gasteiger partial charge < -0.3 is 19.9 Å². The summed E-state index contributed by atoms with van der Waals surface area (Å²) in [5.74, 6) is -1.25. The summed E-state index contributed by atoms with van der Waals surface area (Å²) in [6.45, 7) is 2.09. The lowest BCUT2D eigenvalue weighted by molar-refractivity contribution is -0.136. The second kappa shape index (κ2) is 13.6. The zero-order valence-corrected chi connectivity index (χ0v) is 31.0. The highest BCUT2D eigenvalue weighted by atomic mass is 19.1. The summed E-state index contributed by atoms with van der Waals surface area (Å²) in [5, 5.41) is 15.3. The fourth-order valence-corrected chi connectivity index (χ4v) is 8.63. The van der Waals surface area contributed by atoms with Crippen LogP contribution in [0.25, 0.3) is 16.6 Å². The zero-order chi connectivity index (χ0) is 39.0. The Kier molecular flexibility index (Phi) is 8.46. The quantitative estimate of drug-likeness (QED) is 0.199. The number of aromatic nitrogens is 5. The maximum atomic E-state index is 16.1. The van der Waals surface area contributed by atoms with Crippen molar-refractivity contribution in [3.05, 3.63) is 77.6 Å². The largest absolute Gasteiger partial charge is 0.491 e. The Bertz CT molecular complexity index is 2470. The molecule has 15 nitrogen and oxygen atoms in total. The van der Waals surface area contributed by atoms with E-state index in [2.05, 4.69) is 25.6 Å². The summed E-state index contributed by atoms with van der Waals surface area (Å²) in [7, 11) is 0. The number of alkyl halides is 1. The van der Waals surface area contributed by atoms with Crippen LogP contribution in [-0.4, -0.2) is 109 Å². The molecule has 4 fully saturated rings. The normalized spacial score (nSPS) is 21.2. The number of nitrogens with one attached hydrogen (secondary N) is 2. The number of rotatable bonds is 10. The summed E-state index contributed by atoms with van der Waals surface area (Å²) in [5.41, 5.74) is 1.20. The van der Waals surface area contributed by atoms with Crippen molar-refractivity contribution in [2.45, 2.75) is 62.8 Å². The first kappa shape index (κ1) is 35.4. The fourth-order valence-electron chi connectivity index (χ4n) is 8.63. The first-order valence-corrected chi connectivity index (χ1v) is 19.5. The predicted molar refractivity (Wildman–Crippen MR) is 202 cm³/mol. The Labute approximate surface area is 324 Å². The summed E-state index contributed by atoms with van der Waals surface area (Å²) >= 11 is 0. The van der Waals surface area contributed by atoms with Crippen LogP contribution in [0.5, 0.6) is 5.75 Å². The molecular weight excluding hydrogens is 739 g/mol. The van der Waals surface area contributed by atoms with Crippen molar-refractivity contribution in [3.63, 3.8) is 0 Å². The number of nitrogens with zero attached hydrogens (tertiary/aromatic N) is 8. The van der Waals surface area contributed by atoms with Crippen LogP contribution in [0.15, 0.2) is 55.1 Å². The minimum atomic E-state index is -1.52. The molecule has 2 aromatic carbocycles. The third-order valence-corrected chi connectivity index (χ3v) is 11.9. The smallest absolute Gasteiger partial charge is 0.261 e. The monoisotopic (exact) mass is 778 g/mol. The molecule has 1 saturated carbocycles. The fraction of sp³-hybridized carbons (Fsp3) is 0.425. The predicted octanol–water partition coefficient (Wildman–Crippen LogP) is 3.89. The number of amides is 4. The van der Waals surface area contributed by atoms with E-state index in [1.165, 1.54) is 17.2 Å². The van der Waals surface area contributed by atoms with Gasteiger partial charge in [0, 0.05) is 67.2 Å². The number of imide groups is 1. The summed E-state index contributed by atoms with van der Waals surface area (Å²) in [6, 6.07) is 7.82. The van der Waals surface area contributed by atoms with Gasteiger partial charge in [-0.25, -0.2) is 18.3 Å². The Morgan fingerprint density at radius 1 is 1.07 bits per heavy atom. The average molecular weight is 779 g/mol. The van der Waals surface area contributed by atoms with Gasteiger partial charge in [-0.05, 0) is 62.3 Å². The van der Waals surface area contributed by atoms with E-state index in [4.69, 9.17) is 9.84 Å². The molecule has 4 aliphatic heterocycles. The van der Waals surface area contributed by atoms with E-state index in [-0.39, 0.29) is 73.7 Å². The number of fused-ring (bicyclic) bond motifs is 3. The molecule has 0 spiro atoms. The second-order valence-corrected chi connectivity index (χ2v) is 16.0. The van der Waals surface area contributed by atoms with Gasteiger partial charge in [-0.1, -0.05) is 0 Å². The van der Waals surface area contributed by atoms with Crippen molar-refractivity contribution in [2.75, 3.05) is 49.5 Å². The molecule has 17 heteroatoms. The van der Waals surface area contributed by atoms with Gasteiger partial charge in [0.2, 0.25) is 11.8 Å². The van der Waals surface area contributed by atoms with Crippen LogP contribution in [0.2, 0.25) is 0 Å². The lowest BCUT2D eigenvalue weighted by Gasteiger charge is -2.48. The van der Waals surface area contributed by atoms with Crippen molar-refractivity contribution in [1.29, 1.82) is 0 Å². The maximum Gasteiger partial charge on any atom is 0.261 e. The molecule has 1 aliphatic carbocycles. The highest BCUT2D eigenvalue weighted by Gasteiger charge is 2.47. The number of likely N-dealkylation sites (tertiary alicyclic amines) is 1. The van der Waals surface area contributed by atoms with Crippen LogP contribution in [-0.2, 0) is 16.1 Å². The molecule has 4 amide bonds. The average Bonchev–Trinajstić information content (AvgIpc) is 3.61. The van der Waals surface area contributed by atoms with Gasteiger partial charge in [-0.2, -0.15) is 10.2 Å². The van der Waals surface area contributed by atoms with Crippen molar-refractivity contribution in [1.82, 2.24) is 39.5 Å². The Morgan fingerprint density at radius 2 is 1.89 bits per heavy atom. The number of halogens is 2. The highest BCUT2D eigenvalue weighted by molar-refractivity contribution is 6.09. The third-order valence-electron chi connectivity index (χ3n) is 11.9. The number of anilines is 2. The number of benzene rings is 2. The molecular formula is C40H40F2N10O5. The number of hydrogen-bond donors (Lipinski definition) is 2. The SMILES string of the molecule is O=C1CCC(N2Cc3c(ccc(N4CC(F)(CN5CCC(n6cc7cc(NC(=O)c8cnn9cccnc89)c(OCC8CC8)cc7n6)CC5)C4)c3F)C2=O)C(=O)N1. The van der Waals surface area contributed by atoms with Gasteiger partial charge in [0.25, 0.3) is 11.8 Å². The number of piperidine rings is 2. The lowest BCUT2D eigenvalue weighted by Crippen LogP contribution is -2.64. The Morgan fingerprint density at radius 3 is 2.68 bits per heavy atom. The molecule has 5 aromatic rings. The lowest BCUT2D eigenvalue weighted by atomic mass is 9.92. The van der Waals surface area contributed by atoms with Crippen LogP contribution in [0.1, 0.15) is 70.8 Å². The van der Waals surface area contributed by atoms with Gasteiger partial charge in [0.05, 0.1) is 55.4 Å². The number of hydrogen-bond acceptors (Lipinski definition) is 10. The summed E-state index contributed by atoms with van der Waals surface area (Å²) < 4.78 is 41.6. The molecule has 1 atom stereocenters. The third kappa shape index (κ3) is 6.52. The highest BCUT2D eigenvalue weighted by Crippen LogP contribution is 2.40. The molecule has 10 rings (SSSR count). The Hall–Kier alpha value is -5.97. The van der Waals surface area contributed by atoms with Gasteiger partial charge in [-0.3, -0.25) is 34.1 Å². The topological polar surface area (TPSA) is 159 Å². The number of carbonyl (C=O) groups excluding carboxylic acids is 4. The standard InChI is InChI=1S/C40H40F2N10O5/c41-35-28-18-50(32-6-7-34(53)46-38(32)55)39(56)26(28)4-5-31(35)49-21-40(42,22-49)20-48-12-8-25(9-13-48)52-17-24-14-30(33(15-29(24)47-52)57-19-23-2-3-23)45-37(54)27-16-44-51-11-1-10-43-36(27)51/h1,4-5,10-11,14-17,23,25,32H,2-3,6-9,12-13,18-22H2,(H,45,54)(H,46,53,55). The Balaban J connectivity index is 0.772. The molecule has 1 unspecified atom stereocenters. The van der Waals surface area contributed by atoms with E-state index in [0.29, 0.717) is 48.3 Å². The van der Waals surface area contributed by atoms with Crippen molar-refractivity contribution in [2.24, 2.45) is 5.92 Å². The summed E-state index contributed by atoms with van der Waals surface area (Å²) in [4.78, 5) is 59.9. The maximum absolute atomic E-state index is 16.1. The van der Waals surface area contributed by atoms with E-state index in [1.807, 2.05) is 23.0 Å². The first-order valence-electron chi connectivity index (χ1n) is 19.5. The van der Waals surface area contributed by atoms with Gasteiger partial charge in [-0.15, -0.1) is 0 Å². The number of carbonyl (C=O) groups is 4. The van der Waals surface area contributed by atoms with E-state index in [0.717, 1.165) is 36.6 Å². The van der Waals surface area contributed by atoms with Gasteiger partial charge >= 0.3 is 0 Å². The van der Waals surface area contributed by atoms with E-state index < -0.39 is 29.3 Å². The molecule has 3 saturated heterocycles. The van der Waals surface area contributed by atoms with Crippen LogP contribution < -0.4 is 20.3 Å². The zero-order valence-electron chi connectivity index (χ0n) is 31.0. The van der Waals surface area contributed by atoms with Crippen molar-refractivity contribution < 1.29 is 32.7 Å². The van der Waals surface area contributed by atoms with Crippen LogP contribution in [0, 0.1) is 11.7 Å². The minimum absolute atomic E-state index is 0.0237. The van der Waals surface area contributed by atoms with E-state index >= 15 is 8.78 Å². The minimum Gasteiger partial charge on any atom is -0.491 e. The molecule has 2 N–H and O–H groups in total. The van der Waals surface area contributed by atoms with Crippen molar-refractivity contribution in [3.8, 4) is 5.75 Å². The van der Waals surface area contributed by atoms with Gasteiger partial charge in [0.15, 0.2) is 17.1 Å². The molecule has 0 radical (unpaired) electrons. The molecule has 294 valence electrons.